The van der Waals surface area contributed by atoms with E-state index in [9.17, 15) is 19.8 Å². The van der Waals surface area contributed by atoms with Crippen LogP contribution in [0, 0.1) is 0 Å². The van der Waals surface area contributed by atoms with Crippen LogP contribution in [0.2, 0.25) is 0 Å². The zero-order valence-corrected chi connectivity index (χ0v) is 55.8. The molecule has 0 rings (SSSR count). The number of esters is 1. The zero-order valence-electron chi connectivity index (χ0n) is 55.8. The lowest BCUT2D eigenvalue weighted by Crippen LogP contribution is -2.45. The second-order valence-electron chi connectivity index (χ2n) is 26.0. The van der Waals surface area contributed by atoms with Gasteiger partial charge < -0.3 is 20.3 Å². The van der Waals surface area contributed by atoms with Crippen LogP contribution < -0.4 is 5.32 Å². The van der Waals surface area contributed by atoms with Crippen molar-refractivity contribution < 1.29 is 24.5 Å². The van der Waals surface area contributed by atoms with Crippen LogP contribution in [0.1, 0.15) is 425 Å². The molecule has 2 unspecified atom stereocenters. The van der Waals surface area contributed by atoms with Gasteiger partial charge in [-0.15, -0.1) is 0 Å². The maximum Gasteiger partial charge on any atom is 0.305 e. The van der Waals surface area contributed by atoms with E-state index in [0.717, 1.165) is 44.9 Å². The number of hydrogen-bond donors (Lipinski definition) is 3. The van der Waals surface area contributed by atoms with Gasteiger partial charge in [0.15, 0.2) is 0 Å². The lowest BCUT2D eigenvalue weighted by atomic mass is 10.0. The van der Waals surface area contributed by atoms with E-state index in [0.29, 0.717) is 19.4 Å². The Morgan fingerprint density at radius 2 is 0.573 bits per heavy atom. The van der Waals surface area contributed by atoms with E-state index in [1.807, 2.05) is 6.08 Å². The third-order valence-electron chi connectivity index (χ3n) is 17.7. The molecular formula is C76H147NO5. The fourth-order valence-corrected chi connectivity index (χ4v) is 12.0. The molecule has 82 heavy (non-hydrogen) atoms. The Morgan fingerprint density at radius 3 is 0.866 bits per heavy atom. The summed E-state index contributed by atoms with van der Waals surface area (Å²) in [4.78, 5) is 24.6. The van der Waals surface area contributed by atoms with E-state index >= 15 is 0 Å². The molecule has 0 aliphatic rings. The monoisotopic (exact) mass is 1150 g/mol. The Labute approximate surface area is 513 Å². The van der Waals surface area contributed by atoms with Crippen molar-refractivity contribution >= 4 is 11.9 Å². The van der Waals surface area contributed by atoms with E-state index in [-0.39, 0.29) is 18.5 Å². The smallest absolute Gasteiger partial charge is 0.305 e. The van der Waals surface area contributed by atoms with E-state index < -0.39 is 12.1 Å². The van der Waals surface area contributed by atoms with Crippen LogP contribution in [0.3, 0.4) is 0 Å². The van der Waals surface area contributed by atoms with Crippen molar-refractivity contribution in [2.75, 3.05) is 13.2 Å². The molecular weight excluding hydrogens is 1010 g/mol. The average molecular weight is 1160 g/mol. The third-order valence-corrected chi connectivity index (χ3v) is 17.7. The molecule has 0 aromatic rings. The number of hydrogen-bond acceptors (Lipinski definition) is 5. The van der Waals surface area contributed by atoms with Gasteiger partial charge in [-0.1, -0.05) is 378 Å². The lowest BCUT2D eigenvalue weighted by Gasteiger charge is -2.20. The summed E-state index contributed by atoms with van der Waals surface area (Å²) in [5, 5.41) is 23.3. The van der Waals surface area contributed by atoms with Crippen LogP contribution in [-0.2, 0) is 14.3 Å². The average Bonchev–Trinajstić information content (AvgIpc) is 3.48. The van der Waals surface area contributed by atoms with Crippen molar-refractivity contribution in [1.82, 2.24) is 5.32 Å². The molecule has 6 heteroatoms. The summed E-state index contributed by atoms with van der Waals surface area (Å²) in [6.45, 7) is 4.94. The van der Waals surface area contributed by atoms with Crippen molar-refractivity contribution in [2.45, 2.75) is 437 Å². The number of carbonyl (C=O) groups is 2. The molecule has 0 radical (unpaired) electrons. The van der Waals surface area contributed by atoms with Gasteiger partial charge in [-0.3, -0.25) is 9.59 Å². The Hall–Kier alpha value is -1.66. The number of unbranched alkanes of at least 4 members (excludes halogenated alkanes) is 58. The number of ether oxygens (including phenoxy) is 1. The number of carbonyl (C=O) groups excluding carboxylic acids is 2. The number of aliphatic hydroxyl groups excluding tert-OH is 2. The molecule has 2 atom stereocenters. The van der Waals surface area contributed by atoms with Crippen LogP contribution in [0.15, 0.2) is 24.3 Å². The van der Waals surface area contributed by atoms with Gasteiger partial charge in [0.1, 0.15) is 0 Å². The summed E-state index contributed by atoms with van der Waals surface area (Å²) in [5.74, 6) is -0.0531. The molecule has 486 valence electrons. The highest BCUT2D eigenvalue weighted by molar-refractivity contribution is 5.76. The van der Waals surface area contributed by atoms with Crippen LogP contribution >= 0.6 is 0 Å². The molecule has 0 aliphatic heterocycles. The first-order valence-electron chi connectivity index (χ1n) is 37.6. The minimum Gasteiger partial charge on any atom is -0.466 e. The standard InChI is InChI=1S/C76H147NO5/c1-3-5-7-9-11-13-15-17-19-21-22-23-24-25-28-31-34-37-40-44-48-52-56-60-64-68-74(79)73(72-78)77-75(80)69-65-61-57-53-49-45-41-38-35-32-29-26-27-30-33-36-39-43-47-51-55-59-63-67-71-82-76(81)70-66-62-58-54-50-46-42-20-18-16-14-12-10-8-6-4-2/h20,42,64,68,73-74,78-79H,3-19,21-41,43-63,65-67,69-72H2,1-2H3,(H,77,80)/b42-20-,68-64+. The number of nitrogens with one attached hydrogen (secondary N) is 1. The largest absolute Gasteiger partial charge is 0.466 e. The second kappa shape index (κ2) is 71.8. The molecule has 0 aliphatic carbocycles. The van der Waals surface area contributed by atoms with E-state index in [4.69, 9.17) is 4.74 Å². The highest BCUT2D eigenvalue weighted by Gasteiger charge is 2.18. The van der Waals surface area contributed by atoms with Crippen molar-refractivity contribution in [3.8, 4) is 0 Å². The highest BCUT2D eigenvalue weighted by atomic mass is 16.5. The van der Waals surface area contributed by atoms with E-state index in [1.54, 1.807) is 6.08 Å². The number of aliphatic hydroxyl groups is 2. The molecule has 0 heterocycles. The number of rotatable bonds is 71. The van der Waals surface area contributed by atoms with Crippen LogP contribution in [-0.4, -0.2) is 47.4 Å². The molecule has 0 saturated heterocycles. The van der Waals surface area contributed by atoms with Gasteiger partial charge >= 0.3 is 5.97 Å². The predicted octanol–water partition coefficient (Wildman–Crippen LogP) is 24.5. The van der Waals surface area contributed by atoms with Crippen molar-refractivity contribution in [1.29, 1.82) is 0 Å². The SMILES string of the molecule is CCCCCCCCC/C=C\CCCCCCCC(=O)OCCCCCCCCCCCCCCCCCCCCCCCCCCC(=O)NC(CO)C(O)/C=C/CCCCCCCCCCCCCCCCCCCCCCCCC. The Morgan fingerprint density at radius 1 is 0.329 bits per heavy atom. The number of amides is 1. The van der Waals surface area contributed by atoms with Crippen molar-refractivity contribution in [2.24, 2.45) is 0 Å². The van der Waals surface area contributed by atoms with E-state index in [2.05, 4.69) is 31.3 Å². The van der Waals surface area contributed by atoms with Gasteiger partial charge in [-0.05, 0) is 57.8 Å². The quantitative estimate of drug-likeness (QED) is 0.0320. The molecule has 0 aromatic carbocycles. The summed E-state index contributed by atoms with van der Waals surface area (Å²) in [6.07, 6.45) is 91.3. The molecule has 0 bridgehead atoms. The van der Waals surface area contributed by atoms with Crippen LogP contribution in [0.25, 0.3) is 0 Å². The first-order chi connectivity index (χ1) is 40.5. The topological polar surface area (TPSA) is 95.9 Å². The van der Waals surface area contributed by atoms with E-state index in [1.165, 1.54) is 353 Å². The molecule has 0 spiro atoms. The van der Waals surface area contributed by atoms with Crippen molar-refractivity contribution in [3.63, 3.8) is 0 Å². The molecule has 1 amide bonds. The molecule has 6 nitrogen and oxygen atoms in total. The minimum absolute atomic E-state index is 0.00868. The maximum absolute atomic E-state index is 12.5. The van der Waals surface area contributed by atoms with Gasteiger partial charge in [0.05, 0.1) is 25.4 Å². The number of allylic oxidation sites excluding steroid dienone is 3. The molecule has 0 saturated carbocycles. The zero-order chi connectivity index (χ0) is 59.2. The summed E-state index contributed by atoms with van der Waals surface area (Å²) in [7, 11) is 0. The fourth-order valence-electron chi connectivity index (χ4n) is 12.0. The first-order valence-corrected chi connectivity index (χ1v) is 37.6. The van der Waals surface area contributed by atoms with Gasteiger partial charge in [0.2, 0.25) is 5.91 Å². The van der Waals surface area contributed by atoms with Gasteiger partial charge in [0, 0.05) is 12.8 Å². The fraction of sp³-hybridized carbons (Fsp3) is 0.921. The normalized spacial score (nSPS) is 12.6. The van der Waals surface area contributed by atoms with Gasteiger partial charge in [0.25, 0.3) is 0 Å². The molecule has 3 N–H and O–H groups in total. The summed E-state index contributed by atoms with van der Waals surface area (Å²) < 4.78 is 5.50. The van der Waals surface area contributed by atoms with Gasteiger partial charge in [-0.25, -0.2) is 0 Å². The van der Waals surface area contributed by atoms with Gasteiger partial charge in [-0.2, -0.15) is 0 Å². The second-order valence-corrected chi connectivity index (χ2v) is 26.0. The molecule has 0 fully saturated rings. The van der Waals surface area contributed by atoms with Crippen LogP contribution in [0.5, 0.6) is 0 Å². The lowest BCUT2D eigenvalue weighted by molar-refractivity contribution is -0.143. The summed E-state index contributed by atoms with van der Waals surface area (Å²) in [6, 6.07) is -0.629. The first kappa shape index (κ1) is 80.3. The molecule has 0 aromatic heterocycles. The van der Waals surface area contributed by atoms with Crippen LogP contribution in [0.4, 0.5) is 0 Å². The maximum atomic E-state index is 12.5. The summed E-state index contributed by atoms with van der Waals surface area (Å²) >= 11 is 0. The third kappa shape index (κ3) is 67.5. The predicted molar refractivity (Wildman–Crippen MR) is 361 cm³/mol. The Bertz CT molecular complexity index is 1280. The minimum atomic E-state index is -0.845. The summed E-state index contributed by atoms with van der Waals surface area (Å²) in [5.41, 5.74) is 0. The highest BCUT2D eigenvalue weighted by Crippen LogP contribution is 2.19. The Kier molecular flexibility index (Phi) is 70.4. The van der Waals surface area contributed by atoms with Crippen molar-refractivity contribution in [3.05, 3.63) is 24.3 Å². The Balaban J connectivity index is 3.39.